The molecule has 1 amide bonds. The number of ether oxygens (including phenoxy) is 3. The number of esters is 1. The Hall–Kier alpha value is -2.38. The summed E-state index contributed by atoms with van der Waals surface area (Å²) in [6.45, 7) is -0.179. The molecule has 0 radical (unpaired) electrons. The van der Waals surface area contributed by atoms with Crippen molar-refractivity contribution in [3.8, 4) is 11.5 Å². The summed E-state index contributed by atoms with van der Waals surface area (Å²) < 4.78 is 39.1. The van der Waals surface area contributed by atoms with Crippen LogP contribution in [0.1, 0.15) is 36.5 Å². The molecule has 0 spiro atoms. The van der Waals surface area contributed by atoms with Crippen molar-refractivity contribution in [3.63, 3.8) is 0 Å². The fraction of sp³-hybridized carbons (Fsp3) is 0.556. The maximum absolute atomic E-state index is 12.8. The SMILES string of the molecule is CCOC(=O)CCN(CC1CC1)C(=O)c1ccc(OC(F)F)c(OC)c1. The van der Waals surface area contributed by atoms with E-state index in [-0.39, 0.29) is 48.5 Å². The highest BCUT2D eigenvalue weighted by atomic mass is 19.3. The van der Waals surface area contributed by atoms with Crippen LogP contribution < -0.4 is 9.47 Å². The van der Waals surface area contributed by atoms with Crippen LogP contribution in [0.4, 0.5) is 8.78 Å². The predicted octanol–water partition coefficient (Wildman–Crippen LogP) is 3.10. The van der Waals surface area contributed by atoms with Crippen LogP contribution in [0.3, 0.4) is 0 Å². The molecule has 2 rings (SSSR count). The van der Waals surface area contributed by atoms with E-state index in [1.54, 1.807) is 11.8 Å². The molecule has 1 aromatic carbocycles. The van der Waals surface area contributed by atoms with Crippen LogP contribution in [-0.4, -0.2) is 50.2 Å². The Morgan fingerprint density at radius 1 is 1.27 bits per heavy atom. The van der Waals surface area contributed by atoms with Crippen molar-refractivity contribution in [3.05, 3.63) is 23.8 Å². The first-order valence-electron chi connectivity index (χ1n) is 8.52. The van der Waals surface area contributed by atoms with E-state index < -0.39 is 6.61 Å². The number of carbonyl (C=O) groups is 2. The first kappa shape index (κ1) is 19.9. The van der Waals surface area contributed by atoms with Crippen molar-refractivity contribution in [2.75, 3.05) is 26.8 Å². The zero-order valence-electron chi connectivity index (χ0n) is 14.9. The van der Waals surface area contributed by atoms with Gasteiger partial charge in [0.1, 0.15) is 0 Å². The number of amides is 1. The summed E-state index contributed by atoms with van der Waals surface area (Å²) in [5, 5.41) is 0. The highest BCUT2D eigenvalue weighted by molar-refractivity contribution is 5.95. The fourth-order valence-corrected chi connectivity index (χ4v) is 2.52. The number of rotatable bonds is 10. The van der Waals surface area contributed by atoms with Gasteiger partial charge in [-0.05, 0) is 43.9 Å². The third-order valence-corrected chi connectivity index (χ3v) is 3.98. The summed E-state index contributed by atoms with van der Waals surface area (Å²) in [5.41, 5.74) is 0.285. The van der Waals surface area contributed by atoms with Crippen LogP contribution in [0.25, 0.3) is 0 Å². The summed E-state index contributed by atoms with van der Waals surface area (Å²) in [4.78, 5) is 26.0. The van der Waals surface area contributed by atoms with Crippen molar-refractivity contribution in [2.45, 2.75) is 32.8 Å². The Morgan fingerprint density at radius 3 is 2.58 bits per heavy atom. The number of benzene rings is 1. The Balaban J connectivity index is 2.11. The number of alkyl halides is 2. The summed E-state index contributed by atoms with van der Waals surface area (Å²) >= 11 is 0. The maximum Gasteiger partial charge on any atom is 0.387 e. The van der Waals surface area contributed by atoms with Gasteiger partial charge >= 0.3 is 12.6 Å². The molecule has 0 saturated heterocycles. The molecular formula is C18H23F2NO5. The Kier molecular flexibility index (Phi) is 7.17. The van der Waals surface area contributed by atoms with Crippen molar-refractivity contribution >= 4 is 11.9 Å². The molecule has 0 atom stereocenters. The van der Waals surface area contributed by atoms with Crippen molar-refractivity contribution in [1.82, 2.24) is 4.90 Å². The molecule has 1 aromatic rings. The summed E-state index contributed by atoms with van der Waals surface area (Å²) in [7, 11) is 1.31. The normalized spacial score (nSPS) is 13.4. The summed E-state index contributed by atoms with van der Waals surface area (Å²) in [6, 6.07) is 4.05. The first-order chi connectivity index (χ1) is 12.4. The van der Waals surface area contributed by atoms with Gasteiger partial charge in [0.05, 0.1) is 20.1 Å². The minimum absolute atomic E-state index is 0.0490. The Bertz CT molecular complexity index is 634. The molecule has 26 heavy (non-hydrogen) atoms. The molecule has 6 nitrogen and oxygen atoms in total. The fourth-order valence-electron chi connectivity index (χ4n) is 2.52. The van der Waals surface area contributed by atoms with Gasteiger partial charge in [-0.2, -0.15) is 8.78 Å². The highest BCUT2D eigenvalue weighted by Gasteiger charge is 2.28. The third-order valence-electron chi connectivity index (χ3n) is 3.98. The molecule has 144 valence electrons. The average molecular weight is 371 g/mol. The van der Waals surface area contributed by atoms with Crippen molar-refractivity contribution < 1.29 is 32.6 Å². The van der Waals surface area contributed by atoms with E-state index >= 15 is 0 Å². The number of hydrogen-bond acceptors (Lipinski definition) is 5. The molecule has 8 heteroatoms. The van der Waals surface area contributed by atoms with Crippen LogP contribution >= 0.6 is 0 Å². The molecule has 1 aliphatic carbocycles. The number of hydrogen-bond donors (Lipinski definition) is 0. The smallest absolute Gasteiger partial charge is 0.387 e. The van der Waals surface area contributed by atoms with E-state index in [1.165, 1.54) is 25.3 Å². The second-order valence-electron chi connectivity index (χ2n) is 5.99. The lowest BCUT2D eigenvalue weighted by Gasteiger charge is -2.23. The van der Waals surface area contributed by atoms with Gasteiger partial charge in [-0.1, -0.05) is 0 Å². The number of methoxy groups -OCH3 is 1. The minimum atomic E-state index is -2.98. The van der Waals surface area contributed by atoms with Crippen LogP contribution in [0, 0.1) is 5.92 Å². The quantitative estimate of drug-likeness (QED) is 0.592. The molecule has 1 aliphatic rings. The molecule has 0 aromatic heterocycles. The Morgan fingerprint density at radius 2 is 2.00 bits per heavy atom. The van der Waals surface area contributed by atoms with Crippen molar-refractivity contribution in [2.24, 2.45) is 5.92 Å². The molecule has 0 bridgehead atoms. The summed E-state index contributed by atoms with van der Waals surface area (Å²) in [5.74, 6) is -0.306. The van der Waals surface area contributed by atoms with Crippen LogP contribution in [-0.2, 0) is 9.53 Å². The van der Waals surface area contributed by atoms with E-state index in [1.807, 2.05) is 0 Å². The molecular weight excluding hydrogens is 348 g/mol. The zero-order chi connectivity index (χ0) is 19.1. The Labute approximate surface area is 151 Å². The van der Waals surface area contributed by atoms with Gasteiger partial charge in [0.2, 0.25) is 0 Å². The lowest BCUT2D eigenvalue weighted by Crippen LogP contribution is -2.35. The lowest BCUT2D eigenvalue weighted by atomic mass is 10.1. The minimum Gasteiger partial charge on any atom is -0.493 e. The molecule has 0 heterocycles. The van der Waals surface area contributed by atoms with Crippen molar-refractivity contribution in [1.29, 1.82) is 0 Å². The van der Waals surface area contributed by atoms with Gasteiger partial charge in [-0.3, -0.25) is 9.59 Å². The van der Waals surface area contributed by atoms with E-state index in [2.05, 4.69) is 4.74 Å². The zero-order valence-corrected chi connectivity index (χ0v) is 14.9. The van der Waals surface area contributed by atoms with E-state index in [0.717, 1.165) is 12.8 Å². The van der Waals surface area contributed by atoms with E-state index in [9.17, 15) is 18.4 Å². The van der Waals surface area contributed by atoms with Gasteiger partial charge in [-0.25, -0.2) is 0 Å². The van der Waals surface area contributed by atoms with Gasteiger partial charge in [0.15, 0.2) is 11.5 Å². The predicted molar refractivity (Wildman–Crippen MR) is 89.5 cm³/mol. The van der Waals surface area contributed by atoms with Gasteiger partial charge in [0, 0.05) is 18.7 Å². The second kappa shape index (κ2) is 9.35. The maximum atomic E-state index is 12.8. The molecule has 1 saturated carbocycles. The number of halogens is 2. The lowest BCUT2D eigenvalue weighted by molar-refractivity contribution is -0.143. The van der Waals surface area contributed by atoms with Gasteiger partial charge in [0.25, 0.3) is 5.91 Å². The molecule has 0 aliphatic heterocycles. The third kappa shape index (κ3) is 5.86. The van der Waals surface area contributed by atoms with E-state index in [4.69, 9.17) is 9.47 Å². The van der Waals surface area contributed by atoms with Crippen LogP contribution in [0.15, 0.2) is 18.2 Å². The largest absolute Gasteiger partial charge is 0.493 e. The number of nitrogens with zero attached hydrogens (tertiary/aromatic N) is 1. The molecule has 1 fully saturated rings. The highest BCUT2D eigenvalue weighted by Crippen LogP contribution is 2.32. The summed E-state index contributed by atoms with van der Waals surface area (Å²) in [6.07, 6.45) is 2.21. The average Bonchev–Trinajstić information content (AvgIpc) is 3.42. The topological polar surface area (TPSA) is 65.1 Å². The van der Waals surface area contributed by atoms with Gasteiger partial charge in [-0.15, -0.1) is 0 Å². The molecule has 0 N–H and O–H groups in total. The standard InChI is InChI=1S/C18H23F2NO5/c1-3-25-16(22)8-9-21(11-12-4-5-12)17(23)13-6-7-14(26-18(19)20)15(10-13)24-2/h6-7,10,12,18H,3-5,8-9,11H2,1-2H3. The number of carbonyl (C=O) groups excluding carboxylic acids is 2. The monoisotopic (exact) mass is 371 g/mol. The van der Waals surface area contributed by atoms with E-state index in [0.29, 0.717) is 12.5 Å². The first-order valence-corrected chi connectivity index (χ1v) is 8.52. The van der Waals surface area contributed by atoms with Crippen LogP contribution in [0.5, 0.6) is 11.5 Å². The second-order valence-corrected chi connectivity index (χ2v) is 5.99. The van der Waals surface area contributed by atoms with Crippen LogP contribution in [0.2, 0.25) is 0 Å². The molecule has 0 unspecified atom stereocenters. The van der Waals surface area contributed by atoms with Gasteiger partial charge < -0.3 is 19.1 Å².